The molecule has 6 heteroatoms. The third-order valence-electron chi connectivity index (χ3n) is 3.39. The van der Waals surface area contributed by atoms with Gasteiger partial charge in [-0.3, -0.25) is 4.79 Å². The van der Waals surface area contributed by atoms with Crippen LogP contribution in [0.2, 0.25) is 0 Å². The SMILES string of the molecule is Cc1ncc(C2C[C@H](CO)[C@@H](O)[C@H]2O)c(=O)[nH]1. The van der Waals surface area contributed by atoms with Gasteiger partial charge in [0.05, 0.1) is 12.2 Å². The molecule has 6 nitrogen and oxygen atoms in total. The summed E-state index contributed by atoms with van der Waals surface area (Å²) >= 11 is 0. The van der Waals surface area contributed by atoms with E-state index in [1.807, 2.05) is 0 Å². The molecular formula is C11H16N2O4. The fourth-order valence-corrected chi connectivity index (χ4v) is 2.37. The van der Waals surface area contributed by atoms with Crippen molar-refractivity contribution in [2.45, 2.75) is 31.5 Å². The highest BCUT2D eigenvalue weighted by Gasteiger charge is 2.42. The zero-order valence-corrected chi connectivity index (χ0v) is 9.50. The normalized spacial score (nSPS) is 32.9. The highest BCUT2D eigenvalue weighted by molar-refractivity contribution is 5.18. The Labute approximate surface area is 98.0 Å². The van der Waals surface area contributed by atoms with E-state index in [0.717, 1.165) is 0 Å². The molecule has 1 unspecified atom stereocenters. The van der Waals surface area contributed by atoms with E-state index in [-0.39, 0.29) is 12.2 Å². The van der Waals surface area contributed by atoms with Crippen LogP contribution in [0.4, 0.5) is 0 Å². The molecule has 0 aromatic carbocycles. The standard InChI is InChI=1S/C11H16N2O4/c1-5-12-3-8(11(17)13-5)7-2-6(4-14)9(15)10(7)16/h3,6-7,9-10,14-16H,2,4H2,1H3,(H,12,13,17)/t6-,7?,9-,10+/m1/s1. The van der Waals surface area contributed by atoms with Crippen molar-refractivity contribution in [2.75, 3.05) is 6.61 Å². The number of nitrogens with zero attached hydrogens (tertiary/aromatic N) is 1. The van der Waals surface area contributed by atoms with Crippen LogP contribution >= 0.6 is 0 Å². The topological polar surface area (TPSA) is 106 Å². The third-order valence-corrected chi connectivity index (χ3v) is 3.39. The maximum absolute atomic E-state index is 11.7. The van der Waals surface area contributed by atoms with Gasteiger partial charge in [-0.15, -0.1) is 0 Å². The second-order valence-corrected chi connectivity index (χ2v) is 4.52. The molecule has 1 heterocycles. The molecule has 0 saturated heterocycles. The van der Waals surface area contributed by atoms with Gasteiger partial charge in [0.1, 0.15) is 5.82 Å². The van der Waals surface area contributed by atoms with Crippen molar-refractivity contribution in [3.63, 3.8) is 0 Å². The molecule has 4 N–H and O–H groups in total. The molecule has 2 rings (SSSR count). The molecule has 1 aliphatic rings. The average molecular weight is 240 g/mol. The van der Waals surface area contributed by atoms with Crippen LogP contribution in [0.15, 0.2) is 11.0 Å². The molecule has 4 atom stereocenters. The van der Waals surface area contributed by atoms with Gasteiger partial charge < -0.3 is 20.3 Å². The van der Waals surface area contributed by atoms with Gasteiger partial charge in [0, 0.05) is 30.2 Å². The Hall–Kier alpha value is -1.24. The van der Waals surface area contributed by atoms with Gasteiger partial charge in [-0.05, 0) is 13.3 Å². The monoisotopic (exact) mass is 240 g/mol. The van der Waals surface area contributed by atoms with Crippen molar-refractivity contribution in [3.05, 3.63) is 27.9 Å². The van der Waals surface area contributed by atoms with Crippen LogP contribution in [0.25, 0.3) is 0 Å². The number of aliphatic hydroxyl groups is 3. The number of aromatic nitrogens is 2. The van der Waals surface area contributed by atoms with Crippen LogP contribution in [0.3, 0.4) is 0 Å². The largest absolute Gasteiger partial charge is 0.396 e. The van der Waals surface area contributed by atoms with Gasteiger partial charge in [-0.1, -0.05) is 0 Å². The summed E-state index contributed by atoms with van der Waals surface area (Å²) in [6, 6.07) is 0. The highest BCUT2D eigenvalue weighted by Crippen LogP contribution is 2.37. The Morgan fingerprint density at radius 2 is 2.18 bits per heavy atom. The first-order chi connectivity index (χ1) is 8.04. The summed E-state index contributed by atoms with van der Waals surface area (Å²) in [5, 5.41) is 28.6. The van der Waals surface area contributed by atoms with E-state index in [1.54, 1.807) is 6.92 Å². The number of nitrogens with one attached hydrogen (secondary N) is 1. The Bertz CT molecular complexity index is 459. The Morgan fingerprint density at radius 1 is 1.47 bits per heavy atom. The number of aliphatic hydroxyl groups excluding tert-OH is 3. The second-order valence-electron chi connectivity index (χ2n) is 4.52. The summed E-state index contributed by atoms with van der Waals surface area (Å²) < 4.78 is 0. The molecule has 1 aromatic heterocycles. The summed E-state index contributed by atoms with van der Waals surface area (Å²) in [6.07, 6.45) is -0.218. The molecule has 1 aromatic rings. The van der Waals surface area contributed by atoms with Gasteiger partial charge in [0.25, 0.3) is 5.56 Å². The Morgan fingerprint density at radius 3 is 2.71 bits per heavy atom. The molecule has 1 fully saturated rings. The predicted molar refractivity (Wildman–Crippen MR) is 59.5 cm³/mol. The van der Waals surface area contributed by atoms with Crippen molar-refractivity contribution >= 4 is 0 Å². The fourth-order valence-electron chi connectivity index (χ4n) is 2.37. The van der Waals surface area contributed by atoms with Crippen molar-refractivity contribution < 1.29 is 15.3 Å². The van der Waals surface area contributed by atoms with Crippen molar-refractivity contribution in [1.82, 2.24) is 9.97 Å². The Balaban J connectivity index is 2.32. The average Bonchev–Trinajstić information content (AvgIpc) is 2.57. The lowest BCUT2D eigenvalue weighted by Crippen LogP contribution is -2.30. The molecule has 0 spiro atoms. The molecule has 0 aliphatic heterocycles. The van der Waals surface area contributed by atoms with Crippen molar-refractivity contribution in [2.24, 2.45) is 5.92 Å². The van der Waals surface area contributed by atoms with E-state index in [1.165, 1.54) is 6.20 Å². The predicted octanol–water partition coefficient (Wildman–Crippen LogP) is -1.10. The smallest absolute Gasteiger partial charge is 0.254 e. The number of rotatable bonds is 2. The van der Waals surface area contributed by atoms with Gasteiger partial charge in [-0.2, -0.15) is 0 Å². The minimum Gasteiger partial charge on any atom is -0.396 e. The molecular weight excluding hydrogens is 224 g/mol. The summed E-state index contributed by atoms with van der Waals surface area (Å²) in [4.78, 5) is 18.3. The van der Waals surface area contributed by atoms with E-state index in [0.29, 0.717) is 17.8 Å². The van der Waals surface area contributed by atoms with Gasteiger partial charge >= 0.3 is 0 Å². The summed E-state index contributed by atoms with van der Waals surface area (Å²) in [5.41, 5.74) is 0.0606. The van der Waals surface area contributed by atoms with Gasteiger partial charge in [0.2, 0.25) is 0 Å². The van der Waals surface area contributed by atoms with Crippen LogP contribution < -0.4 is 5.56 Å². The molecule has 0 bridgehead atoms. The number of hydrogen-bond acceptors (Lipinski definition) is 5. The van der Waals surface area contributed by atoms with Crippen LogP contribution in [-0.4, -0.2) is 44.1 Å². The van der Waals surface area contributed by atoms with Gasteiger partial charge in [-0.25, -0.2) is 4.98 Å². The zero-order chi connectivity index (χ0) is 12.6. The van der Waals surface area contributed by atoms with E-state index < -0.39 is 24.0 Å². The number of hydrogen-bond donors (Lipinski definition) is 4. The van der Waals surface area contributed by atoms with Crippen LogP contribution in [-0.2, 0) is 0 Å². The second kappa shape index (κ2) is 4.56. The highest BCUT2D eigenvalue weighted by atomic mass is 16.3. The molecule has 0 radical (unpaired) electrons. The first-order valence-electron chi connectivity index (χ1n) is 5.57. The molecule has 1 saturated carbocycles. The minimum atomic E-state index is -1.03. The molecule has 17 heavy (non-hydrogen) atoms. The minimum absolute atomic E-state index is 0.202. The molecule has 94 valence electrons. The Kier molecular flexibility index (Phi) is 3.28. The van der Waals surface area contributed by atoms with Crippen molar-refractivity contribution in [1.29, 1.82) is 0 Å². The van der Waals surface area contributed by atoms with E-state index in [4.69, 9.17) is 5.11 Å². The number of aromatic amines is 1. The lowest BCUT2D eigenvalue weighted by atomic mass is 9.97. The van der Waals surface area contributed by atoms with E-state index in [9.17, 15) is 15.0 Å². The first kappa shape index (κ1) is 12.2. The van der Waals surface area contributed by atoms with Crippen LogP contribution in [0, 0.1) is 12.8 Å². The van der Waals surface area contributed by atoms with E-state index in [2.05, 4.69) is 9.97 Å². The lowest BCUT2D eigenvalue weighted by molar-refractivity contribution is 0.00219. The quantitative estimate of drug-likeness (QED) is 0.525. The number of H-pyrrole nitrogens is 1. The van der Waals surface area contributed by atoms with Gasteiger partial charge in [0.15, 0.2) is 0 Å². The molecule has 1 aliphatic carbocycles. The van der Waals surface area contributed by atoms with E-state index >= 15 is 0 Å². The van der Waals surface area contributed by atoms with Crippen LogP contribution in [0.1, 0.15) is 23.7 Å². The summed E-state index contributed by atoms with van der Waals surface area (Å²) in [6.45, 7) is 1.47. The maximum atomic E-state index is 11.7. The molecule has 0 amide bonds. The van der Waals surface area contributed by atoms with Crippen molar-refractivity contribution in [3.8, 4) is 0 Å². The summed E-state index contributed by atoms with van der Waals surface area (Å²) in [5.74, 6) is -0.361. The fraction of sp³-hybridized carbons (Fsp3) is 0.636. The van der Waals surface area contributed by atoms with Crippen LogP contribution in [0.5, 0.6) is 0 Å². The maximum Gasteiger partial charge on any atom is 0.254 e. The third kappa shape index (κ3) is 2.11. The number of aryl methyl sites for hydroxylation is 1. The zero-order valence-electron chi connectivity index (χ0n) is 9.50. The first-order valence-corrected chi connectivity index (χ1v) is 5.57. The lowest BCUT2D eigenvalue weighted by Gasteiger charge is -2.16. The summed E-state index contributed by atoms with van der Waals surface area (Å²) in [7, 11) is 0.